The van der Waals surface area contributed by atoms with Crippen molar-refractivity contribution in [2.24, 2.45) is 0 Å². The van der Waals surface area contributed by atoms with Crippen LogP contribution in [0.5, 0.6) is 5.88 Å². The zero-order valence-electron chi connectivity index (χ0n) is 36.4. The summed E-state index contributed by atoms with van der Waals surface area (Å²) in [7, 11) is -5.83. The van der Waals surface area contributed by atoms with E-state index in [9.17, 15) is 40.0 Å². The van der Waals surface area contributed by atoms with Crippen molar-refractivity contribution in [1.29, 1.82) is 0 Å². The Balaban J connectivity index is 0.000000199. The fourth-order valence-corrected chi connectivity index (χ4v) is 8.31. The van der Waals surface area contributed by atoms with E-state index in [0.29, 0.717) is 62.7 Å². The van der Waals surface area contributed by atoms with Crippen molar-refractivity contribution < 1.29 is 39.9 Å². The lowest BCUT2D eigenvalue weighted by Crippen LogP contribution is -2.29. The first kappa shape index (κ1) is 47.2. The lowest BCUT2D eigenvalue weighted by Gasteiger charge is -2.19. The van der Waals surface area contributed by atoms with Gasteiger partial charge in [-0.2, -0.15) is 10.2 Å². The molecule has 0 unspecified atom stereocenters. The van der Waals surface area contributed by atoms with E-state index in [4.69, 9.17) is 4.74 Å². The summed E-state index contributed by atoms with van der Waals surface area (Å²) >= 11 is 0. The van der Waals surface area contributed by atoms with Crippen LogP contribution in [0.1, 0.15) is 70.6 Å². The van der Waals surface area contributed by atoms with E-state index in [1.54, 1.807) is 65.2 Å². The highest BCUT2D eigenvalue weighted by molar-refractivity contribution is 7.90. The molecule has 3 N–H and O–H groups in total. The van der Waals surface area contributed by atoms with Crippen LogP contribution >= 0.6 is 0 Å². The molecule has 6 aromatic heterocycles. The smallest absolute Gasteiger partial charge is 0.254 e. The van der Waals surface area contributed by atoms with Gasteiger partial charge in [-0.05, 0) is 84.6 Å². The van der Waals surface area contributed by atoms with Gasteiger partial charge in [-0.3, -0.25) is 24.4 Å². The van der Waals surface area contributed by atoms with Crippen molar-refractivity contribution in [3.8, 4) is 17.3 Å². The third-order valence-corrected chi connectivity index (χ3v) is 12.5. The van der Waals surface area contributed by atoms with Crippen molar-refractivity contribution in [2.75, 3.05) is 19.6 Å². The molecule has 0 aliphatic heterocycles. The van der Waals surface area contributed by atoms with Gasteiger partial charge in [0.2, 0.25) is 11.4 Å². The maximum absolute atomic E-state index is 13.3. The van der Waals surface area contributed by atoms with Crippen molar-refractivity contribution in [1.82, 2.24) is 50.1 Å². The Bertz CT molecular complexity index is 3430. The van der Waals surface area contributed by atoms with Gasteiger partial charge in [-0.15, -0.1) is 0 Å². The predicted octanol–water partition coefficient (Wildman–Crippen LogP) is 5.78. The number of hydrogen-bond acceptors (Lipinski definition) is 13. The van der Waals surface area contributed by atoms with Crippen LogP contribution in [-0.4, -0.2) is 87.8 Å². The molecule has 0 radical (unpaired) electrons. The second-order valence-electron chi connectivity index (χ2n) is 15.1. The van der Waals surface area contributed by atoms with Crippen molar-refractivity contribution >= 4 is 53.3 Å². The second-order valence-corrected chi connectivity index (χ2v) is 19.1. The molecule has 22 heteroatoms. The van der Waals surface area contributed by atoms with E-state index >= 15 is 0 Å². The van der Waals surface area contributed by atoms with Gasteiger partial charge in [-0.25, -0.2) is 40.0 Å². The zero-order valence-corrected chi connectivity index (χ0v) is 38.1. The molecule has 0 saturated carbocycles. The zero-order chi connectivity index (χ0) is 48.2. The monoisotopic (exact) mass is 952 g/mol. The van der Waals surface area contributed by atoms with Crippen LogP contribution in [0.3, 0.4) is 0 Å². The molecule has 0 aliphatic carbocycles. The minimum Gasteiger partial charge on any atom is -0.481 e. The first-order valence-electron chi connectivity index (χ1n) is 20.4. The van der Waals surface area contributed by atoms with Crippen molar-refractivity contribution in [2.45, 2.75) is 48.8 Å². The Hall–Kier alpha value is -7.72. The molecule has 0 bridgehead atoms. The van der Waals surface area contributed by atoms with Crippen LogP contribution < -0.4 is 20.9 Å². The van der Waals surface area contributed by atoms with Gasteiger partial charge in [-0.1, -0.05) is 13.8 Å². The number of hydrogen-bond donors (Lipinski definition) is 3. The molecule has 0 fully saturated rings. The number of nitrogens with one attached hydrogen (secondary N) is 3. The standard InChI is InChI=1S/C23H22FN5O4S.C22H20FN5O4S/c1-4-19(14-9-21(33-2)28-22(10-14)34(3,31)32)27-23(30)18-11-25-13-20-17(18)12-26-29(20)16-7-5-15(24)6-8-16;1-3-18(13-8-20(29)27-21(9-13)33(2,31)32)26-22(30)17-10-24-12-19-16(17)11-25-28(19)15-6-4-14(23)5-7-15/h5-13,19H,4H2,1-3H3,(H,27,30);4-12,18H,3H2,1-2H3,(H,26,30)(H,27,29)/t19-;18-/m00/s1. The maximum atomic E-state index is 13.3. The summed E-state index contributed by atoms with van der Waals surface area (Å²) in [6.07, 6.45) is 12.0. The number of halogens is 2. The quantitative estimate of drug-likeness (QED) is 0.124. The lowest BCUT2D eigenvalue weighted by atomic mass is 10.0. The van der Waals surface area contributed by atoms with Crippen LogP contribution in [0, 0.1) is 11.6 Å². The summed E-state index contributed by atoms with van der Waals surface area (Å²) in [4.78, 5) is 52.9. The number of carbonyl (C=O) groups is 2. The normalized spacial score (nSPS) is 12.5. The second kappa shape index (κ2) is 19.4. The van der Waals surface area contributed by atoms with E-state index in [-0.39, 0.29) is 33.1 Å². The van der Waals surface area contributed by atoms with E-state index < -0.39 is 49.1 Å². The number of sulfone groups is 2. The molecular formula is C45H42F2N10O8S2. The fourth-order valence-electron chi connectivity index (χ4n) is 7.07. The van der Waals surface area contributed by atoms with Crippen molar-refractivity contribution in [3.63, 3.8) is 0 Å². The number of aromatic amines is 1. The maximum Gasteiger partial charge on any atom is 0.254 e. The average molecular weight is 953 g/mol. The number of benzene rings is 2. The minimum atomic E-state index is -3.64. The highest BCUT2D eigenvalue weighted by Crippen LogP contribution is 2.27. The molecule has 6 heterocycles. The number of ether oxygens (including phenoxy) is 1. The predicted molar refractivity (Wildman–Crippen MR) is 243 cm³/mol. The minimum absolute atomic E-state index is 0.134. The molecule has 18 nitrogen and oxygen atoms in total. The number of carbonyl (C=O) groups excluding carboxylic acids is 2. The molecule has 2 amide bonds. The number of amides is 2. The molecule has 0 saturated heterocycles. The van der Waals surface area contributed by atoms with Crippen LogP contribution in [0.25, 0.3) is 33.2 Å². The molecule has 0 aliphatic rings. The molecule has 346 valence electrons. The number of H-pyrrole nitrogens is 1. The van der Waals surface area contributed by atoms with Gasteiger partial charge in [0, 0.05) is 47.8 Å². The van der Waals surface area contributed by atoms with Gasteiger partial charge >= 0.3 is 0 Å². The number of fused-ring (bicyclic) bond motifs is 2. The van der Waals surface area contributed by atoms with Crippen LogP contribution in [-0.2, 0) is 19.7 Å². The highest BCUT2D eigenvalue weighted by Gasteiger charge is 2.23. The average Bonchev–Trinajstić information content (AvgIpc) is 3.95. The lowest BCUT2D eigenvalue weighted by molar-refractivity contribution is 0.0928. The Morgan fingerprint density at radius 3 is 1.55 bits per heavy atom. The van der Waals surface area contributed by atoms with Crippen LogP contribution in [0.4, 0.5) is 8.78 Å². The van der Waals surface area contributed by atoms with Gasteiger partial charge in [0.15, 0.2) is 24.7 Å². The Morgan fingerprint density at radius 1 is 0.672 bits per heavy atom. The van der Waals surface area contributed by atoms with Gasteiger partial charge in [0.05, 0.1) is 77.5 Å². The van der Waals surface area contributed by atoms with Gasteiger partial charge in [0.1, 0.15) is 16.7 Å². The fraction of sp³-hybridized carbons (Fsp3) is 0.200. The summed E-state index contributed by atoms with van der Waals surface area (Å²) in [6.45, 7) is 3.67. The highest BCUT2D eigenvalue weighted by atomic mass is 32.2. The Morgan fingerprint density at radius 2 is 1.13 bits per heavy atom. The summed E-state index contributed by atoms with van der Waals surface area (Å²) in [5.74, 6) is -1.47. The first-order chi connectivity index (χ1) is 31.9. The molecule has 8 aromatic rings. The number of nitrogens with zero attached hydrogens (tertiary/aromatic N) is 7. The third kappa shape index (κ3) is 10.5. The summed E-state index contributed by atoms with van der Waals surface area (Å²) in [5.41, 5.74) is 3.26. The van der Waals surface area contributed by atoms with Crippen LogP contribution in [0.2, 0.25) is 0 Å². The van der Waals surface area contributed by atoms with E-state index in [1.165, 1.54) is 68.2 Å². The van der Waals surface area contributed by atoms with Crippen molar-refractivity contribution in [3.05, 3.63) is 154 Å². The molecular weight excluding hydrogens is 911 g/mol. The first-order valence-corrected chi connectivity index (χ1v) is 24.1. The number of methoxy groups -OCH3 is 1. The molecule has 8 rings (SSSR count). The van der Waals surface area contributed by atoms with Gasteiger partial charge in [0.25, 0.3) is 11.8 Å². The molecule has 0 spiro atoms. The molecule has 2 aromatic carbocycles. The van der Waals surface area contributed by atoms with E-state index in [1.807, 2.05) is 6.92 Å². The van der Waals surface area contributed by atoms with E-state index in [2.05, 4.69) is 40.8 Å². The van der Waals surface area contributed by atoms with Crippen LogP contribution in [0.15, 0.2) is 125 Å². The molecule has 2 atom stereocenters. The number of rotatable bonds is 13. The molecule has 67 heavy (non-hydrogen) atoms. The topological polar surface area (TPSA) is 243 Å². The number of pyridine rings is 4. The Kier molecular flexibility index (Phi) is 13.7. The SMILES string of the molecule is CC[C@H](NC(=O)c1cncc2c1cnn2-c1ccc(F)cc1)c1cc(OC)nc(S(C)(=O)=O)c1.CC[C@H](NC(=O)c1cncc2c1cnn2-c1ccc(F)cc1)c1cc(S(C)(=O)=O)[nH]c(=O)c1. The summed E-state index contributed by atoms with van der Waals surface area (Å²) < 4.78 is 82.7. The number of aromatic nitrogens is 8. The van der Waals surface area contributed by atoms with Gasteiger partial charge < -0.3 is 20.4 Å². The summed E-state index contributed by atoms with van der Waals surface area (Å²) in [6, 6.07) is 16.1. The van der Waals surface area contributed by atoms with E-state index in [0.717, 1.165) is 12.5 Å². The third-order valence-electron chi connectivity index (χ3n) is 10.5. The largest absolute Gasteiger partial charge is 0.481 e. The summed E-state index contributed by atoms with van der Waals surface area (Å²) in [5, 5.41) is 15.2. The Labute approximate surface area is 381 Å².